The molecule has 5 nitrogen and oxygen atoms in total. The van der Waals surface area contributed by atoms with Crippen molar-refractivity contribution in [2.75, 3.05) is 0 Å². The van der Waals surface area contributed by atoms with Crippen LogP contribution < -0.4 is 5.73 Å². The van der Waals surface area contributed by atoms with Gasteiger partial charge in [-0.05, 0) is 30.9 Å². The second kappa shape index (κ2) is 5.27. The molecule has 0 aliphatic heterocycles. The SMILES string of the molecule is Cc1cnccc1-c1noc(C(N)CC(C)C)n1. The largest absolute Gasteiger partial charge is 0.337 e. The van der Waals surface area contributed by atoms with Crippen molar-refractivity contribution in [2.45, 2.75) is 33.2 Å². The van der Waals surface area contributed by atoms with E-state index in [2.05, 4.69) is 29.0 Å². The molecule has 0 bridgehead atoms. The highest BCUT2D eigenvalue weighted by atomic mass is 16.5. The predicted octanol–water partition coefficient (Wildman–Crippen LogP) is 2.49. The van der Waals surface area contributed by atoms with Crippen molar-refractivity contribution in [1.29, 1.82) is 0 Å². The molecule has 0 radical (unpaired) electrons. The first-order chi connectivity index (χ1) is 8.58. The standard InChI is InChI=1S/C13H18N4O/c1-8(2)6-11(14)13-16-12(17-18-13)10-4-5-15-7-9(10)3/h4-5,7-8,11H,6,14H2,1-3H3. The minimum absolute atomic E-state index is 0.201. The summed E-state index contributed by atoms with van der Waals surface area (Å²) >= 11 is 0. The van der Waals surface area contributed by atoms with Crippen LogP contribution in [0.25, 0.3) is 11.4 Å². The number of hydrogen-bond acceptors (Lipinski definition) is 5. The lowest BCUT2D eigenvalue weighted by atomic mass is 10.0. The molecule has 0 fully saturated rings. The van der Waals surface area contributed by atoms with Gasteiger partial charge in [0.2, 0.25) is 11.7 Å². The number of aryl methyl sites for hydroxylation is 1. The molecule has 0 aromatic carbocycles. The Morgan fingerprint density at radius 3 is 2.83 bits per heavy atom. The van der Waals surface area contributed by atoms with E-state index in [1.165, 1.54) is 0 Å². The van der Waals surface area contributed by atoms with Crippen LogP contribution in [0, 0.1) is 12.8 Å². The van der Waals surface area contributed by atoms with Gasteiger partial charge in [-0.15, -0.1) is 0 Å². The minimum Gasteiger partial charge on any atom is -0.337 e. The quantitative estimate of drug-likeness (QED) is 0.896. The Bertz CT molecular complexity index is 521. The van der Waals surface area contributed by atoms with E-state index in [0.717, 1.165) is 17.5 Å². The van der Waals surface area contributed by atoms with Gasteiger partial charge in [-0.25, -0.2) is 0 Å². The van der Waals surface area contributed by atoms with Gasteiger partial charge in [-0.2, -0.15) is 4.98 Å². The van der Waals surface area contributed by atoms with Gasteiger partial charge in [0.05, 0.1) is 6.04 Å². The van der Waals surface area contributed by atoms with Crippen molar-refractivity contribution in [1.82, 2.24) is 15.1 Å². The fraction of sp³-hybridized carbons (Fsp3) is 0.462. The zero-order valence-corrected chi connectivity index (χ0v) is 10.9. The van der Waals surface area contributed by atoms with Crippen LogP contribution in [0.1, 0.15) is 37.8 Å². The molecule has 1 atom stereocenters. The molecule has 2 aromatic heterocycles. The molecule has 2 N–H and O–H groups in total. The predicted molar refractivity (Wildman–Crippen MR) is 68.6 cm³/mol. The second-order valence-corrected chi connectivity index (χ2v) is 4.88. The van der Waals surface area contributed by atoms with Gasteiger partial charge in [0, 0.05) is 18.0 Å². The molecule has 0 spiro atoms. The molecule has 0 aliphatic rings. The van der Waals surface area contributed by atoms with Crippen molar-refractivity contribution in [3.8, 4) is 11.4 Å². The normalized spacial score (nSPS) is 12.9. The minimum atomic E-state index is -0.201. The van der Waals surface area contributed by atoms with Crippen molar-refractivity contribution < 1.29 is 4.52 Å². The lowest BCUT2D eigenvalue weighted by molar-refractivity contribution is 0.335. The molecule has 1 unspecified atom stereocenters. The Morgan fingerprint density at radius 2 is 2.17 bits per heavy atom. The Morgan fingerprint density at radius 1 is 1.39 bits per heavy atom. The molecule has 0 saturated carbocycles. The van der Waals surface area contributed by atoms with Crippen LogP contribution in [0.15, 0.2) is 23.0 Å². The molecule has 0 amide bonds. The summed E-state index contributed by atoms with van der Waals surface area (Å²) in [6, 6.07) is 1.67. The van der Waals surface area contributed by atoms with Crippen LogP contribution >= 0.6 is 0 Å². The third-order valence-corrected chi connectivity index (χ3v) is 2.75. The van der Waals surface area contributed by atoms with E-state index in [0.29, 0.717) is 17.6 Å². The highest BCUT2D eigenvalue weighted by Gasteiger charge is 2.17. The number of pyridine rings is 1. The Hall–Kier alpha value is -1.75. The molecule has 96 valence electrons. The summed E-state index contributed by atoms with van der Waals surface area (Å²) in [5.74, 6) is 1.57. The topological polar surface area (TPSA) is 77.8 Å². The van der Waals surface area contributed by atoms with E-state index in [4.69, 9.17) is 10.3 Å². The third-order valence-electron chi connectivity index (χ3n) is 2.75. The summed E-state index contributed by atoms with van der Waals surface area (Å²) in [7, 11) is 0. The molecule has 5 heteroatoms. The summed E-state index contributed by atoms with van der Waals surface area (Å²) in [4.78, 5) is 8.40. The summed E-state index contributed by atoms with van der Waals surface area (Å²) in [5, 5.41) is 3.98. The van der Waals surface area contributed by atoms with E-state index >= 15 is 0 Å². The maximum Gasteiger partial charge on any atom is 0.243 e. The maximum atomic E-state index is 6.02. The smallest absolute Gasteiger partial charge is 0.243 e. The summed E-state index contributed by atoms with van der Waals surface area (Å²) in [6.45, 7) is 6.20. The number of aromatic nitrogens is 3. The first-order valence-corrected chi connectivity index (χ1v) is 6.08. The van der Waals surface area contributed by atoms with Crippen LogP contribution in [-0.2, 0) is 0 Å². The molecule has 18 heavy (non-hydrogen) atoms. The van der Waals surface area contributed by atoms with Crippen LogP contribution in [0.4, 0.5) is 0 Å². The number of nitrogens with zero attached hydrogens (tertiary/aromatic N) is 3. The van der Waals surface area contributed by atoms with Crippen LogP contribution in [0.3, 0.4) is 0 Å². The van der Waals surface area contributed by atoms with E-state index in [9.17, 15) is 0 Å². The van der Waals surface area contributed by atoms with E-state index in [1.807, 2.05) is 13.0 Å². The molecule has 0 aliphatic carbocycles. The fourth-order valence-corrected chi connectivity index (χ4v) is 1.83. The summed E-state index contributed by atoms with van der Waals surface area (Å²) < 4.78 is 5.23. The van der Waals surface area contributed by atoms with Gasteiger partial charge in [-0.1, -0.05) is 19.0 Å². The third kappa shape index (κ3) is 2.73. The van der Waals surface area contributed by atoms with Crippen LogP contribution in [0.5, 0.6) is 0 Å². The van der Waals surface area contributed by atoms with Crippen molar-refractivity contribution in [3.05, 3.63) is 29.9 Å². The summed E-state index contributed by atoms with van der Waals surface area (Å²) in [5.41, 5.74) is 7.96. The lowest BCUT2D eigenvalue weighted by Gasteiger charge is -2.08. The zero-order valence-electron chi connectivity index (χ0n) is 10.9. The molecule has 0 saturated heterocycles. The Labute approximate surface area is 106 Å². The Balaban J connectivity index is 2.23. The monoisotopic (exact) mass is 246 g/mol. The first kappa shape index (κ1) is 12.7. The van der Waals surface area contributed by atoms with Gasteiger partial charge < -0.3 is 10.3 Å². The van der Waals surface area contributed by atoms with Crippen molar-refractivity contribution in [2.24, 2.45) is 11.7 Å². The molecular formula is C13H18N4O. The highest BCUT2D eigenvalue weighted by Crippen LogP contribution is 2.22. The fourth-order valence-electron chi connectivity index (χ4n) is 1.83. The maximum absolute atomic E-state index is 6.02. The number of rotatable bonds is 4. The highest BCUT2D eigenvalue weighted by molar-refractivity contribution is 5.57. The molecule has 2 rings (SSSR count). The van der Waals surface area contributed by atoms with Crippen molar-refractivity contribution >= 4 is 0 Å². The lowest BCUT2D eigenvalue weighted by Crippen LogP contribution is -2.13. The van der Waals surface area contributed by atoms with E-state index < -0.39 is 0 Å². The summed E-state index contributed by atoms with van der Waals surface area (Å²) in [6.07, 6.45) is 4.32. The van der Waals surface area contributed by atoms with Crippen LogP contribution in [0.2, 0.25) is 0 Å². The first-order valence-electron chi connectivity index (χ1n) is 6.08. The van der Waals surface area contributed by atoms with Crippen molar-refractivity contribution in [3.63, 3.8) is 0 Å². The molecular weight excluding hydrogens is 228 g/mol. The average molecular weight is 246 g/mol. The number of hydrogen-bond donors (Lipinski definition) is 1. The van der Waals surface area contributed by atoms with E-state index in [1.54, 1.807) is 12.4 Å². The van der Waals surface area contributed by atoms with Gasteiger partial charge in [0.1, 0.15) is 0 Å². The van der Waals surface area contributed by atoms with Gasteiger partial charge in [0.25, 0.3) is 0 Å². The van der Waals surface area contributed by atoms with Gasteiger partial charge in [0.15, 0.2) is 0 Å². The van der Waals surface area contributed by atoms with Crippen LogP contribution in [-0.4, -0.2) is 15.1 Å². The van der Waals surface area contributed by atoms with Gasteiger partial charge >= 0.3 is 0 Å². The number of nitrogens with two attached hydrogens (primary N) is 1. The molecule has 2 heterocycles. The Kier molecular flexibility index (Phi) is 3.72. The average Bonchev–Trinajstić information content (AvgIpc) is 2.78. The van der Waals surface area contributed by atoms with E-state index in [-0.39, 0.29) is 6.04 Å². The zero-order chi connectivity index (χ0) is 13.1. The second-order valence-electron chi connectivity index (χ2n) is 4.88. The molecule has 2 aromatic rings. The van der Waals surface area contributed by atoms with Gasteiger partial charge in [-0.3, -0.25) is 4.98 Å².